The number of aromatic nitrogens is 3. The van der Waals surface area contributed by atoms with E-state index in [1.54, 1.807) is 7.05 Å². The number of halogens is 1. The molecule has 0 aliphatic rings. The Hall–Kier alpha value is -0.590. The average Bonchev–Trinajstić information content (AvgIpc) is 2.17. The second-order valence-corrected chi connectivity index (χ2v) is 3.79. The molecule has 2 N–H and O–H groups in total. The molecular weight excluding hydrogens is 224 g/mol. The fourth-order valence-electron chi connectivity index (χ4n) is 0.736. The van der Waals surface area contributed by atoms with E-state index in [1.165, 1.54) is 11.8 Å². The van der Waals surface area contributed by atoms with Crippen molar-refractivity contribution < 1.29 is 5.11 Å². The van der Waals surface area contributed by atoms with E-state index in [2.05, 4.69) is 20.3 Å². The van der Waals surface area contributed by atoms with Crippen molar-refractivity contribution in [2.24, 2.45) is 0 Å². The molecule has 14 heavy (non-hydrogen) atoms. The number of aliphatic hydroxyl groups is 1. The van der Waals surface area contributed by atoms with Crippen LogP contribution < -0.4 is 5.32 Å². The fraction of sp³-hybridized carbons (Fsp3) is 0.571. The van der Waals surface area contributed by atoms with Gasteiger partial charge in [0, 0.05) is 19.4 Å². The van der Waals surface area contributed by atoms with Gasteiger partial charge in [-0.1, -0.05) is 11.8 Å². The lowest BCUT2D eigenvalue weighted by Gasteiger charge is -2.02. The minimum absolute atomic E-state index is 0.171. The van der Waals surface area contributed by atoms with Crippen molar-refractivity contribution in [2.75, 3.05) is 24.7 Å². The van der Waals surface area contributed by atoms with Crippen molar-refractivity contribution in [3.05, 3.63) is 5.28 Å². The molecule has 0 saturated carbocycles. The van der Waals surface area contributed by atoms with Gasteiger partial charge in [-0.3, -0.25) is 0 Å². The van der Waals surface area contributed by atoms with E-state index < -0.39 is 0 Å². The van der Waals surface area contributed by atoms with Gasteiger partial charge in [0.1, 0.15) is 0 Å². The van der Waals surface area contributed by atoms with Gasteiger partial charge in [-0.25, -0.2) is 0 Å². The summed E-state index contributed by atoms with van der Waals surface area (Å²) in [5.74, 6) is 1.22. The molecule has 0 amide bonds. The van der Waals surface area contributed by atoms with Gasteiger partial charge in [0.25, 0.3) is 0 Å². The van der Waals surface area contributed by atoms with Crippen LogP contribution in [0.5, 0.6) is 0 Å². The third-order valence-electron chi connectivity index (χ3n) is 1.34. The number of thioether (sulfide) groups is 1. The molecule has 0 aliphatic carbocycles. The second kappa shape index (κ2) is 6.00. The Labute approximate surface area is 91.3 Å². The zero-order valence-electron chi connectivity index (χ0n) is 7.70. The molecule has 0 spiro atoms. The van der Waals surface area contributed by atoms with Crippen LogP contribution in [0.3, 0.4) is 0 Å². The van der Waals surface area contributed by atoms with Gasteiger partial charge in [-0.15, -0.1) is 0 Å². The Balaban J connectivity index is 2.62. The standard InChI is InChI=1S/C7H11ClN4OS/c1-9-6-10-5(8)11-7(12-6)14-4-2-3-13/h13H,2-4H2,1H3,(H,9,10,11,12). The van der Waals surface area contributed by atoms with Crippen molar-refractivity contribution in [3.63, 3.8) is 0 Å². The van der Waals surface area contributed by atoms with E-state index in [0.717, 1.165) is 5.75 Å². The molecule has 7 heteroatoms. The topological polar surface area (TPSA) is 70.9 Å². The molecule has 0 unspecified atom stereocenters. The zero-order valence-corrected chi connectivity index (χ0v) is 9.27. The van der Waals surface area contributed by atoms with Gasteiger partial charge >= 0.3 is 0 Å². The summed E-state index contributed by atoms with van der Waals surface area (Å²) in [6, 6.07) is 0. The Morgan fingerprint density at radius 2 is 2.21 bits per heavy atom. The van der Waals surface area contributed by atoms with Gasteiger partial charge in [-0.2, -0.15) is 15.0 Å². The first-order chi connectivity index (χ1) is 6.76. The Bertz CT molecular complexity index is 299. The third kappa shape index (κ3) is 3.65. The normalized spacial score (nSPS) is 10.2. The molecule has 0 atom stereocenters. The summed E-state index contributed by atoms with van der Waals surface area (Å²) in [5.41, 5.74) is 0. The molecule has 0 aromatic carbocycles. The maximum Gasteiger partial charge on any atom is 0.228 e. The van der Waals surface area contributed by atoms with Crippen LogP contribution in [-0.2, 0) is 0 Å². The quantitative estimate of drug-likeness (QED) is 0.586. The number of aliphatic hydroxyl groups excluding tert-OH is 1. The van der Waals surface area contributed by atoms with Gasteiger partial charge in [0.05, 0.1) is 0 Å². The minimum atomic E-state index is 0.171. The van der Waals surface area contributed by atoms with E-state index in [-0.39, 0.29) is 11.9 Å². The lowest BCUT2D eigenvalue weighted by atomic mass is 10.5. The second-order valence-electron chi connectivity index (χ2n) is 2.39. The molecule has 1 aromatic heterocycles. The number of rotatable bonds is 5. The van der Waals surface area contributed by atoms with Crippen LogP contribution >= 0.6 is 23.4 Å². The molecule has 78 valence electrons. The summed E-state index contributed by atoms with van der Waals surface area (Å²) in [5, 5.41) is 12.1. The van der Waals surface area contributed by atoms with Crippen molar-refractivity contribution in [1.29, 1.82) is 0 Å². The number of nitrogens with one attached hydrogen (secondary N) is 1. The van der Waals surface area contributed by atoms with Crippen LogP contribution in [0.2, 0.25) is 5.28 Å². The SMILES string of the molecule is CNc1nc(Cl)nc(SCCCO)n1. The molecule has 0 saturated heterocycles. The lowest BCUT2D eigenvalue weighted by Crippen LogP contribution is -2.00. The van der Waals surface area contributed by atoms with Gasteiger partial charge in [0.15, 0.2) is 5.16 Å². The van der Waals surface area contributed by atoms with Gasteiger partial charge in [0.2, 0.25) is 11.2 Å². The van der Waals surface area contributed by atoms with Crippen LogP contribution in [0.4, 0.5) is 5.95 Å². The fourth-order valence-corrected chi connectivity index (χ4v) is 1.70. The summed E-state index contributed by atoms with van der Waals surface area (Å²) in [6.45, 7) is 0.171. The predicted octanol–water partition coefficient (Wildman–Crippen LogP) is 1.04. The summed E-state index contributed by atoms with van der Waals surface area (Å²) < 4.78 is 0. The van der Waals surface area contributed by atoms with Gasteiger partial charge in [-0.05, 0) is 18.0 Å². The molecular formula is C7H11ClN4OS. The summed E-state index contributed by atoms with van der Waals surface area (Å²) in [4.78, 5) is 11.9. The first-order valence-corrected chi connectivity index (χ1v) is 5.45. The summed E-state index contributed by atoms with van der Waals surface area (Å²) >= 11 is 7.12. The summed E-state index contributed by atoms with van der Waals surface area (Å²) in [6.07, 6.45) is 0.711. The highest BCUT2D eigenvalue weighted by Gasteiger charge is 2.03. The maximum absolute atomic E-state index is 8.59. The number of nitrogens with zero attached hydrogens (tertiary/aromatic N) is 3. The van der Waals surface area contributed by atoms with E-state index in [1.807, 2.05) is 0 Å². The lowest BCUT2D eigenvalue weighted by molar-refractivity contribution is 0.296. The average molecular weight is 235 g/mol. The van der Waals surface area contributed by atoms with Crippen LogP contribution in [-0.4, -0.2) is 39.5 Å². The molecule has 1 rings (SSSR count). The minimum Gasteiger partial charge on any atom is -0.396 e. The van der Waals surface area contributed by atoms with E-state index in [9.17, 15) is 0 Å². The molecule has 1 aromatic rings. The van der Waals surface area contributed by atoms with E-state index in [4.69, 9.17) is 16.7 Å². The Morgan fingerprint density at radius 3 is 2.86 bits per heavy atom. The molecule has 0 radical (unpaired) electrons. The van der Waals surface area contributed by atoms with Crippen molar-refractivity contribution in [1.82, 2.24) is 15.0 Å². The van der Waals surface area contributed by atoms with Crippen molar-refractivity contribution in [2.45, 2.75) is 11.6 Å². The number of hydrogen-bond donors (Lipinski definition) is 2. The maximum atomic E-state index is 8.59. The highest BCUT2D eigenvalue weighted by Crippen LogP contribution is 2.16. The van der Waals surface area contributed by atoms with Crippen molar-refractivity contribution in [3.8, 4) is 0 Å². The van der Waals surface area contributed by atoms with Crippen LogP contribution in [0.25, 0.3) is 0 Å². The van der Waals surface area contributed by atoms with E-state index >= 15 is 0 Å². The largest absolute Gasteiger partial charge is 0.396 e. The highest BCUT2D eigenvalue weighted by molar-refractivity contribution is 7.99. The van der Waals surface area contributed by atoms with Gasteiger partial charge < -0.3 is 10.4 Å². The third-order valence-corrected chi connectivity index (χ3v) is 2.45. The predicted molar refractivity (Wildman–Crippen MR) is 56.8 cm³/mol. The molecule has 0 fully saturated rings. The molecule has 1 heterocycles. The number of anilines is 1. The molecule has 5 nitrogen and oxygen atoms in total. The van der Waals surface area contributed by atoms with Crippen LogP contribution in [0.1, 0.15) is 6.42 Å². The van der Waals surface area contributed by atoms with Crippen molar-refractivity contribution >= 4 is 29.3 Å². The Morgan fingerprint density at radius 1 is 1.43 bits per heavy atom. The Kier molecular flexibility index (Phi) is 4.92. The highest BCUT2D eigenvalue weighted by atomic mass is 35.5. The van der Waals surface area contributed by atoms with Crippen LogP contribution in [0, 0.1) is 0 Å². The summed E-state index contributed by atoms with van der Waals surface area (Å²) in [7, 11) is 1.72. The number of hydrogen-bond acceptors (Lipinski definition) is 6. The van der Waals surface area contributed by atoms with E-state index in [0.29, 0.717) is 17.5 Å². The monoisotopic (exact) mass is 234 g/mol. The smallest absolute Gasteiger partial charge is 0.228 e. The first-order valence-electron chi connectivity index (χ1n) is 4.09. The molecule has 0 aliphatic heterocycles. The van der Waals surface area contributed by atoms with Crippen LogP contribution in [0.15, 0.2) is 5.16 Å². The zero-order chi connectivity index (χ0) is 10.4. The molecule has 0 bridgehead atoms. The first kappa shape index (κ1) is 11.5.